The van der Waals surface area contributed by atoms with Crippen molar-refractivity contribution in [1.29, 1.82) is 0 Å². The normalized spacial score (nSPS) is 15.3. The highest BCUT2D eigenvalue weighted by molar-refractivity contribution is 5.73. The molecule has 0 radical (unpaired) electrons. The lowest BCUT2D eigenvalue weighted by molar-refractivity contribution is -0.148. The summed E-state index contributed by atoms with van der Waals surface area (Å²) in [5.41, 5.74) is 1.91. The SMILES string of the molecule is CCOC(=O)C1CCN(c2cc(-c3ccccc3)nc3ncnn23)CC1. The number of aromatic nitrogens is 4. The lowest BCUT2D eigenvalue weighted by Crippen LogP contribution is -2.38. The van der Waals surface area contributed by atoms with Gasteiger partial charge in [-0.2, -0.15) is 14.6 Å². The molecule has 1 aliphatic heterocycles. The van der Waals surface area contributed by atoms with Crippen molar-refractivity contribution in [1.82, 2.24) is 19.6 Å². The Morgan fingerprint density at radius 3 is 2.73 bits per heavy atom. The highest BCUT2D eigenvalue weighted by Crippen LogP contribution is 2.27. The van der Waals surface area contributed by atoms with Crippen LogP contribution in [0.1, 0.15) is 19.8 Å². The van der Waals surface area contributed by atoms with Crippen molar-refractivity contribution in [3.63, 3.8) is 0 Å². The molecule has 0 unspecified atom stereocenters. The molecule has 134 valence electrons. The van der Waals surface area contributed by atoms with Gasteiger partial charge in [0.25, 0.3) is 5.78 Å². The molecule has 0 saturated carbocycles. The van der Waals surface area contributed by atoms with Gasteiger partial charge in [-0.1, -0.05) is 30.3 Å². The Balaban J connectivity index is 1.62. The first-order chi connectivity index (χ1) is 12.8. The van der Waals surface area contributed by atoms with Gasteiger partial charge >= 0.3 is 5.97 Å². The maximum atomic E-state index is 12.0. The molecule has 0 aliphatic carbocycles. The number of hydrogen-bond acceptors (Lipinski definition) is 6. The van der Waals surface area contributed by atoms with Crippen LogP contribution in [0.5, 0.6) is 0 Å². The van der Waals surface area contributed by atoms with Crippen LogP contribution in [-0.2, 0) is 9.53 Å². The molecular weight excluding hydrogens is 330 g/mol. The largest absolute Gasteiger partial charge is 0.466 e. The van der Waals surface area contributed by atoms with Crippen molar-refractivity contribution in [2.75, 3.05) is 24.6 Å². The Bertz CT molecular complexity index is 901. The first kappa shape index (κ1) is 16.5. The molecule has 0 amide bonds. The van der Waals surface area contributed by atoms with E-state index in [-0.39, 0.29) is 11.9 Å². The Labute approximate surface area is 151 Å². The van der Waals surface area contributed by atoms with E-state index in [9.17, 15) is 4.79 Å². The molecule has 1 aromatic carbocycles. The van der Waals surface area contributed by atoms with Crippen LogP contribution in [0.2, 0.25) is 0 Å². The standard InChI is InChI=1S/C19H21N5O2/c1-2-26-18(25)15-8-10-23(11-9-15)17-12-16(14-6-4-3-5-7-14)22-19-20-13-21-24(17)19/h3-7,12-13,15H,2,8-11H2,1H3. The molecule has 0 N–H and O–H groups in total. The second-order valence-corrected chi connectivity index (χ2v) is 6.35. The molecular formula is C19H21N5O2. The number of piperidine rings is 1. The highest BCUT2D eigenvalue weighted by atomic mass is 16.5. The van der Waals surface area contributed by atoms with Crippen molar-refractivity contribution in [2.24, 2.45) is 5.92 Å². The number of anilines is 1. The maximum absolute atomic E-state index is 12.0. The van der Waals surface area contributed by atoms with Gasteiger partial charge in [0.15, 0.2) is 0 Å². The zero-order chi connectivity index (χ0) is 17.9. The number of benzene rings is 1. The number of hydrogen-bond donors (Lipinski definition) is 0. The van der Waals surface area contributed by atoms with Gasteiger partial charge in [-0.3, -0.25) is 4.79 Å². The van der Waals surface area contributed by atoms with E-state index in [4.69, 9.17) is 4.74 Å². The van der Waals surface area contributed by atoms with E-state index in [1.165, 1.54) is 6.33 Å². The van der Waals surface area contributed by atoms with Crippen molar-refractivity contribution in [3.8, 4) is 11.3 Å². The molecule has 7 heteroatoms. The predicted octanol–water partition coefficient (Wildman–Crippen LogP) is 2.57. The Morgan fingerprint density at radius 1 is 1.23 bits per heavy atom. The van der Waals surface area contributed by atoms with E-state index in [1.807, 2.05) is 43.3 Å². The van der Waals surface area contributed by atoms with Crippen LogP contribution in [-0.4, -0.2) is 45.2 Å². The van der Waals surface area contributed by atoms with E-state index >= 15 is 0 Å². The minimum atomic E-state index is -0.0854. The van der Waals surface area contributed by atoms with Gasteiger partial charge in [0.1, 0.15) is 12.1 Å². The average molecular weight is 351 g/mol. The summed E-state index contributed by atoms with van der Waals surface area (Å²) in [6.45, 7) is 3.83. The molecule has 0 atom stereocenters. The summed E-state index contributed by atoms with van der Waals surface area (Å²) in [5.74, 6) is 1.42. The van der Waals surface area contributed by atoms with Crippen LogP contribution >= 0.6 is 0 Å². The number of carbonyl (C=O) groups excluding carboxylic acids is 1. The molecule has 7 nitrogen and oxygen atoms in total. The fourth-order valence-corrected chi connectivity index (χ4v) is 3.38. The summed E-state index contributed by atoms with van der Waals surface area (Å²) >= 11 is 0. The highest BCUT2D eigenvalue weighted by Gasteiger charge is 2.27. The lowest BCUT2D eigenvalue weighted by Gasteiger charge is -2.32. The summed E-state index contributed by atoms with van der Waals surface area (Å²) < 4.78 is 6.92. The van der Waals surface area contributed by atoms with E-state index < -0.39 is 0 Å². The minimum Gasteiger partial charge on any atom is -0.466 e. The fourth-order valence-electron chi connectivity index (χ4n) is 3.38. The van der Waals surface area contributed by atoms with E-state index in [0.29, 0.717) is 12.4 Å². The molecule has 4 rings (SSSR count). The number of esters is 1. The van der Waals surface area contributed by atoms with E-state index in [0.717, 1.165) is 43.0 Å². The van der Waals surface area contributed by atoms with E-state index in [1.54, 1.807) is 4.52 Å². The number of rotatable bonds is 4. The monoisotopic (exact) mass is 351 g/mol. The summed E-state index contributed by atoms with van der Waals surface area (Å²) in [6.07, 6.45) is 3.07. The fraction of sp³-hybridized carbons (Fsp3) is 0.368. The molecule has 0 spiro atoms. The van der Waals surface area contributed by atoms with Gasteiger partial charge in [0.05, 0.1) is 18.2 Å². The van der Waals surface area contributed by atoms with Gasteiger partial charge < -0.3 is 9.64 Å². The number of ether oxygens (including phenoxy) is 1. The quantitative estimate of drug-likeness (QED) is 0.673. The van der Waals surface area contributed by atoms with Crippen LogP contribution < -0.4 is 4.90 Å². The summed E-state index contributed by atoms with van der Waals surface area (Å²) in [4.78, 5) is 23.1. The first-order valence-corrected chi connectivity index (χ1v) is 8.94. The van der Waals surface area contributed by atoms with Crippen LogP contribution in [0.25, 0.3) is 17.0 Å². The summed E-state index contributed by atoms with van der Waals surface area (Å²) in [5, 5.41) is 4.32. The molecule has 1 aliphatic rings. The Morgan fingerprint density at radius 2 is 2.00 bits per heavy atom. The minimum absolute atomic E-state index is 0.0205. The molecule has 26 heavy (non-hydrogen) atoms. The second-order valence-electron chi connectivity index (χ2n) is 6.35. The van der Waals surface area contributed by atoms with Gasteiger partial charge in [-0.15, -0.1) is 0 Å². The third kappa shape index (κ3) is 3.12. The average Bonchev–Trinajstić information content (AvgIpc) is 3.17. The van der Waals surface area contributed by atoms with Gasteiger partial charge in [0.2, 0.25) is 0 Å². The number of fused-ring (bicyclic) bond motifs is 1. The second kappa shape index (κ2) is 7.11. The topological polar surface area (TPSA) is 72.6 Å². The molecule has 1 saturated heterocycles. The Kier molecular flexibility index (Phi) is 4.51. The van der Waals surface area contributed by atoms with Crippen LogP contribution in [0.3, 0.4) is 0 Å². The van der Waals surface area contributed by atoms with Crippen LogP contribution in [0.15, 0.2) is 42.7 Å². The number of carbonyl (C=O) groups is 1. The zero-order valence-electron chi connectivity index (χ0n) is 14.7. The van der Waals surface area contributed by atoms with E-state index in [2.05, 4.69) is 20.0 Å². The first-order valence-electron chi connectivity index (χ1n) is 8.94. The third-order valence-electron chi connectivity index (χ3n) is 4.74. The smallest absolute Gasteiger partial charge is 0.309 e. The van der Waals surface area contributed by atoms with Crippen molar-refractivity contribution in [3.05, 3.63) is 42.7 Å². The van der Waals surface area contributed by atoms with Gasteiger partial charge in [-0.05, 0) is 19.8 Å². The van der Waals surface area contributed by atoms with Crippen molar-refractivity contribution < 1.29 is 9.53 Å². The lowest BCUT2D eigenvalue weighted by atomic mass is 9.97. The third-order valence-corrected chi connectivity index (χ3v) is 4.74. The van der Waals surface area contributed by atoms with Crippen molar-refractivity contribution in [2.45, 2.75) is 19.8 Å². The van der Waals surface area contributed by atoms with Crippen LogP contribution in [0.4, 0.5) is 5.82 Å². The number of nitrogens with zero attached hydrogens (tertiary/aromatic N) is 5. The molecule has 3 heterocycles. The zero-order valence-corrected chi connectivity index (χ0v) is 14.7. The molecule has 0 bridgehead atoms. The van der Waals surface area contributed by atoms with Gasteiger partial charge in [-0.25, -0.2) is 4.98 Å². The van der Waals surface area contributed by atoms with Crippen molar-refractivity contribution >= 4 is 17.6 Å². The molecule has 1 fully saturated rings. The summed E-state index contributed by atoms with van der Waals surface area (Å²) in [7, 11) is 0. The van der Waals surface area contributed by atoms with Crippen LogP contribution in [0, 0.1) is 5.92 Å². The Hall–Kier alpha value is -2.96. The molecule has 3 aromatic rings. The van der Waals surface area contributed by atoms with Gasteiger partial charge in [0, 0.05) is 24.7 Å². The molecule has 2 aromatic heterocycles. The summed E-state index contributed by atoms with van der Waals surface area (Å²) in [6, 6.07) is 12.1. The predicted molar refractivity (Wildman–Crippen MR) is 97.8 cm³/mol. The maximum Gasteiger partial charge on any atom is 0.309 e.